The van der Waals surface area contributed by atoms with Gasteiger partial charge in [-0.2, -0.15) is 0 Å². The van der Waals surface area contributed by atoms with Gasteiger partial charge in [-0.1, -0.05) is 0 Å². The summed E-state index contributed by atoms with van der Waals surface area (Å²) in [6, 6.07) is 0. The van der Waals surface area contributed by atoms with E-state index >= 15 is 0 Å². The second kappa shape index (κ2) is 2.76. The molecule has 1 rings (SSSR count). The van der Waals surface area contributed by atoms with Gasteiger partial charge in [0.15, 0.2) is 0 Å². The summed E-state index contributed by atoms with van der Waals surface area (Å²) in [6.45, 7) is 0.415. The molecule has 1 aromatic heterocycles. The number of amidine groups is 1. The van der Waals surface area contributed by atoms with Gasteiger partial charge >= 0.3 is 0 Å². The molecule has 1 heterocycles. The Morgan fingerprint density at radius 3 is 2.80 bits per heavy atom. The van der Waals surface area contributed by atoms with Crippen molar-refractivity contribution in [1.82, 2.24) is 4.98 Å². The van der Waals surface area contributed by atoms with Gasteiger partial charge in [0.05, 0.1) is 0 Å². The van der Waals surface area contributed by atoms with Gasteiger partial charge in [-0.25, -0.2) is 4.98 Å². The number of rotatable bonds is 2. The third kappa shape index (κ3) is 1.31. The Morgan fingerprint density at radius 1 is 1.80 bits per heavy atom. The maximum atomic E-state index is 7.00. The zero-order valence-corrected chi connectivity index (χ0v) is 6.11. The van der Waals surface area contributed by atoms with Crippen LogP contribution in [0.15, 0.2) is 5.38 Å². The maximum absolute atomic E-state index is 7.00. The van der Waals surface area contributed by atoms with Gasteiger partial charge in [-0.05, 0) is 0 Å². The predicted molar refractivity (Wildman–Crippen MR) is 41.0 cm³/mol. The van der Waals surface area contributed by atoms with Gasteiger partial charge in [0.2, 0.25) is 0 Å². The van der Waals surface area contributed by atoms with Crippen LogP contribution in [-0.4, -0.2) is 10.8 Å². The van der Waals surface area contributed by atoms with Crippen LogP contribution in [0.4, 0.5) is 0 Å². The lowest BCUT2D eigenvalue weighted by molar-refractivity contribution is 1.03. The molecule has 0 unspecified atom stereocenters. The standard InChI is InChI=1S/C5H8N4S/c6-1-4-9-3(2-10-4)5(7)8/h2H,1,6H2,(H3,7,8). The lowest BCUT2D eigenvalue weighted by Gasteiger charge is -1.86. The number of hydrogen-bond donors (Lipinski definition) is 3. The van der Waals surface area contributed by atoms with Crippen LogP contribution in [0.2, 0.25) is 0 Å². The summed E-state index contributed by atoms with van der Waals surface area (Å²) >= 11 is 1.42. The molecule has 0 aromatic carbocycles. The molecule has 0 aliphatic carbocycles. The van der Waals surface area contributed by atoms with Crippen LogP contribution in [0.5, 0.6) is 0 Å². The first-order valence-electron chi connectivity index (χ1n) is 2.73. The van der Waals surface area contributed by atoms with Crippen molar-refractivity contribution in [1.29, 1.82) is 5.41 Å². The lowest BCUT2D eigenvalue weighted by atomic mass is 10.5. The molecular weight excluding hydrogens is 148 g/mol. The highest BCUT2D eigenvalue weighted by molar-refractivity contribution is 7.09. The van der Waals surface area contributed by atoms with Gasteiger partial charge in [-0.15, -0.1) is 11.3 Å². The number of nitrogens with zero attached hydrogens (tertiary/aromatic N) is 1. The van der Waals surface area contributed by atoms with Crippen molar-refractivity contribution in [3.63, 3.8) is 0 Å². The second-order valence-corrected chi connectivity index (χ2v) is 2.69. The monoisotopic (exact) mass is 156 g/mol. The highest BCUT2D eigenvalue weighted by atomic mass is 32.1. The Balaban J connectivity index is 2.88. The molecule has 0 aliphatic rings. The third-order valence-electron chi connectivity index (χ3n) is 1.00. The minimum Gasteiger partial charge on any atom is -0.382 e. The first kappa shape index (κ1) is 7.17. The van der Waals surface area contributed by atoms with E-state index in [1.807, 2.05) is 0 Å². The molecule has 54 valence electrons. The van der Waals surface area contributed by atoms with E-state index in [1.165, 1.54) is 11.3 Å². The smallest absolute Gasteiger partial charge is 0.142 e. The van der Waals surface area contributed by atoms with Crippen molar-refractivity contribution in [3.8, 4) is 0 Å². The Labute approximate surface area is 62.4 Å². The molecule has 0 saturated heterocycles. The molecule has 5 N–H and O–H groups in total. The number of thiazole rings is 1. The summed E-state index contributed by atoms with van der Waals surface area (Å²) in [6.07, 6.45) is 0. The van der Waals surface area contributed by atoms with Crippen LogP contribution < -0.4 is 11.5 Å². The molecule has 0 amide bonds. The van der Waals surface area contributed by atoms with Crippen LogP contribution in [0.1, 0.15) is 10.7 Å². The molecule has 0 spiro atoms. The molecule has 10 heavy (non-hydrogen) atoms. The largest absolute Gasteiger partial charge is 0.382 e. The fraction of sp³-hybridized carbons (Fsp3) is 0.200. The molecule has 0 bridgehead atoms. The predicted octanol–water partition coefficient (Wildman–Crippen LogP) is -0.114. The molecule has 5 heteroatoms. The van der Waals surface area contributed by atoms with Crippen molar-refractivity contribution in [2.24, 2.45) is 11.5 Å². The van der Waals surface area contributed by atoms with Gasteiger partial charge in [-0.3, -0.25) is 5.41 Å². The summed E-state index contributed by atoms with van der Waals surface area (Å²) in [5.41, 5.74) is 11.0. The van der Waals surface area contributed by atoms with Crippen LogP contribution in [0.3, 0.4) is 0 Å². The van der Waals surface area contributed by atoms with Crippen molar-refractivity contribution < 1.29 is 0 Å². The minimum absolute atomic E-state index is 0.00375. The second-order valence-electron chi connectivity index (χ2n) is 1.74. The van der Waals surface area contributed by atoms with Crippen molar-refractivity contribution in [2.45, 2.75) is 6.54 Å². The normalized spacial score (nSPS) is 9.70. The third-order valence-corrected chi connectivity index (χ3v) is 1.87. The fourth-order valence-corrected chi connectivity index (χ4v) is 1.20. The van der Waals surface area contributed by atoms with Crippen molar-refractivity contribution in [3.05, 3.63) is 16.1 Å². The maximum Gasteiger partial charge on any atom is 0.142 e. The molecule has 0 saturated carbocycles. The minimum atomic E-state index is -0.00375. The molecule has 1 aromatic rings. The molecule has 0 fully saturated rings. The quantitative estimate of drug-likeness (QED) is 0.412. The average molecular weight is 156 g/mol. The Morgan fingerprint density at radius 2 is 2.50 bits per heavy atom. The van der Waals surface area contributed by atoms with E-state index < -0.39 is 0 Å². The number of nitrogens with one attached hydrogen (secondary N) is 1. The van der Waals surface area contributed by atoms with Crippen LogP contribution >= 0.6 is 11.3 Å². The molecule has 0 atom stereocenters. The molecule has 0 aliphatic heterocycles. The Bertz CT molecular complexity index is 242. The Kier molecular flexibility index (Phi) is 1.98. The molecule has 0 radical (unpaired) electrons. The number of hydrogen-bond acceptors (Lipinski definition) is 4. The first-order valence-corrected chi connectivity index (χ1v) is 3.61. The van der Waals surface area contributed by atoms with E-state index in [2.05, 4.69) is 4.98 Å². The summed E-state index contributed by atoms with van der Waals surface area (Å²) in [7, 11) is 0. The van der Waals surface area contributed by atoms with Crippen LogP contribution in [0, 0.1) is 5.41 Å². The number of aromatic nitrogens is 1. The van der Waals surface area contributed by atoms with Crippen molar-refractivity contribution in [2.75, 3.05) is 0 Å². The van der Waals surface area contributed by atoms with Gasteiger partial charge in [0, 0.05) is 11.9 Å². The summed E-state index contributed by atoms with van der Waals surface area (Å²) < 4.78 is 0. The lowest BCUT2D eigenvalue weighted by Crippen LogP contribution is -2.11. The molecule has 4 nitrogen and oxygen atoms in total. The van der Waals surface area contributed by atoms with Crippen LogP contribution in [-0.2, 0) is 6.54 Å². The summed E-state index contributed by atoms with van der Waals surface area (Å²) in [5, 5.41) is 9.54. The van der Waals surface area contributed by atoms with E-state index in [9.17, 15) is 0 Å². The van der Waals surface area contributed by atoms with E-state index in [0.717, 1.165) is 5.01 Å². The van der Waals surface area contributed by atoms with Gasteiger partial charge in [0.25, 0.3) is 0 Å². The number of nitrogens with two attached hydrogens (primary N) is 2. The average Bonchev–Trinajstić information content (AvgIpc) is 2.34. The van der Waals surface area contributed by atoms with E-state index in [0.29, 0.717) is 12.2 Å². The van der Waals surface area contributed by atoms with E-state index in [4.69, 9.17) is 16.9 Å². The van der Waals surface area contributed by atoms with Crippen molar-refractivity contribution >= 4 is 17.2 Å². The Hall–Kier alpha value is -0.940. The zero-order chi connectivity index (χ0) is 7.56. The molecular formula is C5H8N4S. The van der Waals surface area contributed by atoms with E-state index in [-0.39, 0.29) is 5.84 Å². The number of nitrogen functional groups attached to an aromatic ring is 1. The summed E-state index contributed by atoms with van der Waals surface area (Å²) in [4.78, 5) is 3.97. The summed E-state index contributed by atoms with van der Waals surface area (Å²) in [5.74, 6) is -0.00375. The first-order chi connectivity index (χ1) is 4.74. The zero-order valence-electron chi connectivity index (χ0n) is 5.29. The topological polar surface area (TPSA) is 88.8 Å². The van der Waals surface area contributed by atoms with Gasteiger partial charge in [0.1, 0.15) is 16.5 Å². The SMILES string of the molecule is N=C(N)c1csc(CN)n1. The highest BCUT2D eigenvalue weighted by Gasteiger charge is 2.00. The fourth-order valence-electron chi connectivity index (χ4n) is 0.528. The highest BCUT2D eigenvalue weighted by Crippen LogP contribution is 2.07. The van der Waals surface area contributed by atoms with E-state index in [1.54, 1.807) is 5.38 Å². The van der Waals surface area contributed by atoms with Crippen LogP contribution in [0.25, 0.3) is 0 Å². The van der Waals surface area contributed by atoms with Gasteiger partial charge < -0.3 is 11.5 Å².